The highest BCUT2D eigenvalue weighted by molar-refractivity contribution is 7.13. The zero-order valence-corrected chi connectivity index (χ0v) is 16.5. The number of aromatic nitrogens is 1. The number of amides is 1. The number of nitrogens with zero attached hydrogens (tertiary/aromatic N) is 2. The standard InChI is InChI=1S/C18H26N2O5S/c1-10-19-15(14(26-10)16(21)22)24-12-5-6-13-11(9-12)7-8-20(13)17(23)25-18(2,3)4/h11-13H,5-9H2,1-4H3,(H,21,22). The summed E-state index contributed by atoms with van der Waals surface area (Å²) in [6, 6.07) is 0.181. The SMILES string of the molecule is Cc1nc(OC2CCC3C(CCN3C(=O)OC(C)(C)C)C2)c(C(=O)O)s1. The van der Waals surface area contributed by atoms with Crippen molar-refractivity contribution in [3.8, 4) is 5.88 Å². The molecule has 1 saturated carbocycles. The molecule has 8 heteroatoms. The van der Waals surface area contributed by atoms with Crippen molar-refractivity contribution in [3.63, 3.8) is 0 Å². The minimum Gasteiger partial charge on any atom is -0.477 e. The molecular weight excluding hydrogens is 356 g/mol. The van der Waals surface area contributed by atoms with Gasteiger partial charge in [-0.25, -0.2) is 14.6 Å². The number of thiazole rings is 1. The molecule has 1 aliphatic carbocycles. The highest BCUT2D eigenvalue weighted by atomic mass is 32.1. The van der Waals surface area contributed by atoms with Gasteiger partial charge in [0.05, 0.1) is 5.01 Å². The predicted molar refractivity (Wildman–Crippen MR) is 96.9 cm³/mol. The van der Waals surface area contributed by atoms with Crippen molar-refractivity contribution >= 4 is 23.4 Å². The summed E-state index contributed by atoms with van der Waals surface area (Å²) >= 11 is 1.13. The van der Waals surface area contributed by atoms with Crippen LogP contribution in [0.1, 0.15) is 61.1 Å². The van der Waals surface area contributed by atoms with Gasteiger partial charge >= 0.3 is 12.1 Å². The summed E-state index contributed by atoms with van der Waals surface area (Å²) in [5.41, 5.74) is -0.495. The number of rotatable bonds is 3. The molecule has 144 valence electrons. The Bertz CT molecular complexity index is 696. The molecule has 3 atom stereocenters. The third kappa shape index (κ3) is 4.11. The zero-order valence-electron chi connectivity index (χ0n) is 15.7. The van der Waals surface area contributed by atoms with Crippen molar-refractivity contribution in [3.05, 3.63) is 9.88 Å². The smallest absolute Gasteiger partial charge is 0.410 e. The van der Waals surface area contributed by atoms with E-state index in [2.05, 4.69) is 4.98 Å². The van der Waals surface area contributed by atoms with Crippen LogP contribution in [0.3, 0.4) is 0 Å². The Kier molecular flexibility index (Phi) is 5.14. The van der Waals surface area contributed by atoms with Gasteiger partial charge in [-0.1, -0.05) is 0 Å². The molecule has 1 amide bonds. The normalized spacial score (nSPS) is 25.7. The fraction of sp³-hybridized carbons (Fsp3) is 0.722. The van der Waals surface area contributed by atoms with E-state index in [4.69, 9.17) is 9.47 Å². The van der Waals surface area contributed by atoms with Crippen molar-refractivity contribution in [2.75, 3.05) is 6.54 Å². The Morgan fingerprint density at radius 1 is 1.27 bits per heavy atom. The Morgan fingerprint density at radius 2 is 2.00 bits per heavy atom. The summed E-state index contributed by atoms with van der Waals surface area (Å²) in [4.78, 5) is 30.0. The molecular formula is C18H26N2O5S. The third-order valence-electron chi connectivity index (χ3n) is 4.84. The van der Waals surface area contributed by atoms with Gasteiger partial charge in [0, 0.05) is 12.6 Å². The molecule has 0 spiro atoms. The van der Waals surface area contributed by atoms with Crippen molar-refractivity contribution in [2.45, 2.75) is 71.1 Å². The molecule has 0 aromatic carbocycles. The van der Waals surface area contributed by atoms with E-state index in [1.807, 2.05) is 25.7 Å². The van der Waals surface area contributed by atoms with E-state index in [0.29, 0.717) is 17.5 Å². The number of aryl methyl sites for hydroxylation is 1. The van der Waals surface area contributed by atoms with Crippen LogP contribution in [-0.4, -0.2) is 51.3 Å². The van der Waals surface area contributed by atoms with Crippen LogP contribution in [-0.2, 0) is 4.74 Å². The highest BCUT2D eigenvalue weighted by Gasteiger charge is 2.43. The fourth-order valence-corrected chi connectivity index (χ4v) is 4.52. The lowest BCUT2D eigenvalue weighted by atomic mass is 9.83. The van der Waals surface area contributed by atoms with E-state index in [1.165, 1.54) is 0 Å². The number of hydrogen-bond acceptors (Lipinski definition) is 6. The Balaban J connectivity index is 1.62. The first kappa shape index (κ1) is 18.9. The molecule has 26 heavy (non-hydrogen) atoms. The van der Waals surface area contributed by atoms with Crippen LogP contribution >= 0.6 is 11.3 Å². The molecule has 3 unspecified atom stereocenters. The molecule has 0 bridgehead atoms. The van der Waals surface area contributed by atoms with Gasteiger partial charge in [0.25, 0.3) is 0 Å². The van der Waals surface area contributed by atoms with E-state index in [1.54, 1.807) is 6.92 Å². The lowest BCUT2D eigenvalue weighted by Crippen LogP contribution is -2.44. The van der Waals surface area contributed by atoms with Crippen LogP contribution in [0.2, 0.25) is 0 Å². The van der Waals surface area contributed by atoms with Crippen molar-refractivity contribution in [2.24, 2.45) is 5.92 Å². The summed E-state index contributed by atoms with van der Waals surface area (Å²) in [5.74, 6) is -0.420. The number of carbonyl (C=O) groups excluding carboxylic acids is 1. The maximum atomic E-state index is 12.4. The van der Waals surface area contributed by atoms with Crippen molar-refractivity contribution in [1.82, 2.24) is 9.88 Å². The lowest BCUT2D eigenvalue weighted by molar-refractivity contribution is 0.0123. The van der Waals surface area contributed by atoms with Crippen LogP contribution in [0.25, 0.3) is 0 Å². The number of carboxylic acid groups (broad SMARTS) is 1. The van der Waals surface area contributed by atoms with Gasteiger partial charge in [-0.05, 0) is 59.3 Å². The Hall–Kier alpha value is -1.83. The maximum absolute atomic E-state index is 12.4. The number of ether oxygens (including phenoxy) is 2. The number of hydrogen-bond donors (Lipinski definition) is 1. The molecule has 3 rings (SSSR count). The summed E-state index contributed by atoms with van der Waals surface area (Å²) in [5, 5.41) is 9.96. The average molecular weight is 382 g/mol. The van der Waals surface area contributed by atoms with Crippen LogP contribution < -0.4 is 4.74 Å². The third-order valence-corrected chi connectivity index (χ3v) is 5.78. The highest BCUT2D eigenvalue weighted by Crippen LogP contribution is 2.39. The van der Waals surface area contributed by atoms with E-state index in [0.717, 1.165) is 37.0 Å². The van der Waals surface area contributed by atoms with Gasteiger partial charge in [0.1, 0.15) is 11.7 Å². The second-order valence-corrected chi connectivity index (χ2v) is 9.22. The van der Waals surface area contributed by atoms with Gasteiger partial charge < -0.3 is 19.5 Å². The van der Waals surface area contributed by atoms with Crippen LogP contribution in [0.5, 0.6) is 5.88 Å². The first-order valence-electron chi connectivity index (χ1n) is 9.01. The molecule has 0 radical (unpaired) electrons. The topological polar surface area (TPSA) is 89.0 Å². The van der Waals surface area contributed by atoms with Gasteiger partial charge in [0.15, 0.2) is 4.88 Å². The summed E-state index contributed by atoms with van der Waals surface area (Å²) in [6.07, 6.45) is 3.03. The molecule has 2 aliphatic rings. The second-order valence-electron chi connectivity index (χ2n) is 8.02. The summed E-state index contributed by atoms with van der Waals surface area (Å²) < 4.78 is 11.5. The number of aromatic carboxylic acids is 1. The quantitative estimate of drug-likeness (QED) is 0.857. The van der Waals surface area contributed by atoms with Crippen LogP contribution in [0.15, 0.2) is 0 Å². The monoisotopic (exact) mass is 382 g/mol. The van der Waals surface area contributed by atoms with Gasteiger partial charge in [-0.2, -0.15) is 0 Å². The molecule has 7 nitrogen and oxygen atoms in total. The van der Waals surface area contributed by atoms with Gasteiger partial charge in [-0.3, -0.25) is 0 Å². The molecule has 1 saturated heterocycles. The summed E-state index contributed by atoms with van der Waals surface area (Å²) in [6.45, 7) is 8.10. The van der Waals surface area contributed by atoms with E-state index in [-0.39, 0.29) is 29.0 Å². The van der Waals surface area contributed by atoms with Crippen LogP contribution in [0.4, 0.5) is 4.79 Å². The average Bonchev–Trinajstić information content (AvgIpc) is 3.08. The number of likely N-dealkylation sites (tertiary alicyclic amines) is 1. The zero-order chi connectivity index (χ0) is 19.1. The number of fused-ring (bicyclic) bond motifs is 1. The van der Waals surface area contributed by atoms with Gasteiger partial charge in [-0.15, -0.1) is 11.3 Å². The minimum atomic E-state index is -1.00. The van der Waals surface area contributed by atoms with Crippen LogP contribution in [0, 0.1) is 12.8 Å². The minimum absolute atomic E-state index is 0.0607. The predicted octanol–water partition coefficient (Wildman–Crippen LogP) is 3.71. The maximum Gasteiger partial charge on any atom is 0.410 e. The molecule has 2 heterocycles. The molecule has 1 aromatic rings. The Labute approximate surface area is 157 Å². The molecule has 1 aromatic heterocycles. The number of carbonyl (C=O) groups is 2. The summed E-state index contributed by atoms with van der Waals surface area (Å²) in [7, 11) is 0. The number of carboxylic acids is 1. The molecule has 2 fully saturated rings. The molecule has 1 aliphatic heterocycles. The lowest BCUT2D eigenvalue weighted by Gasteiger charge is -2.36. The second kappa shape index (κ2) is 7.06. The van der Waals surface area contributed by atoms with E-state index in [9.17, 15) is 14.7 Å². The Morgan fingerprint density at radius 3 is 2.65 bits per heavy atom. The van der Waals surface area contributed by atoms with Gasteiger partial charge in [0.2, 0.25) is 5.88 Å². The largest absolute Gasteiger partial charge is 0.477 e. The van der Waals surface area contributed by atoms with E-state index < -0.39 is 11.6 Å². The fourth-order valence-electron chi connectivity index (χ4n) is 3.83. The van der Waals surface area contributed by atoms with Crippen molar-refractivity contribution in [1.29, 1.82) is 0 Å². The first-order valence-corrected chi connectivity index (χ1v) is 9.82. The van der Waals surface area contributed by atoms with Crippen molar-refractivity contribution < 1.29 is 24.2 Å². The molecule has 1 N–H and O–H groups in total. The van der Waals surface area contributed by atoms with E-state index >= 15 is 0 Å². The first-order chi connectivity index (χ1) is 12.1.